The number of hydrogen-bond acceptors (Lipinski definition) is 5. The minimum Gasteiger partial charge on any atom is -0.375 e. The van der Waals surface area contributed by atoms with Crippen molar-refractivity contribution in [2.24, 2.45) is 0 Å². The summed E-state index contributed by atoms with van der Waals surface area (Å²) < 4.78 is 0. The van der Waals surface area contributed by atoms with Crippen molar-refractivity contribution in [2.45, 2.75) is 25.3 Å². The van der Waals surface area contributed by atoms with E-state index in [-0.39, 0.29) is 0 Å². The van der Waals surface area contributed by atoms with Gasteiger partial charge in [-0.15, -0.1) is 11.3 Å². The molecule has 0 bridgehead atoms. The first-order valence-corrected chi connectivity index (χ1v) is 8.02. The number of thiazole rings is 1. The molecule has 1 aliphatic rings. The lowest BCUT2D eigenvalue weighted by atomic mass is 9.91. The lowest BCUT2D eigenvalue weighted by Crippen LogP contribution is -2.32. The number of nitrogens with two attached hydrogens (primary N) is 1. The summed E-state index contributed by atoms with van der Waals surface area (Å²) >= 11 is 3.41. The number of rotatable bonds is 3. The highest BCUT2D eigenvalue weighted by Gasteiger charge is 2.21. The van der Waals surface area contributed by atoms with Gasteiger partial charge in [0.05, 0.1) is 0 Å². The molecule has 0 unspecified atom stereocenters. The lowest BCUT2D eigenvalue weighted by molar-refractivity contribution is 0.206. The number of nitrogen functional groups attached to an aromatic ring is 1. The number of likely N-dealkylation sites (tertiary alicyclic amines) is 1. The van der Waals surface area contributed by atoms with E-state index in [0.29, 0.717) is 5.13 Å². The molecule has 2 N–H and O–H groups in total. The van der Waals surface area contributed by atoms with E-state index in [0.717, 1.165) is 12.5 Å². The molecule has 2 aromatic heterocycles. The quantitative estimate of drug-likeness (QED) is 0.938. The maximum atomic E-state index is 5.66. The second-order valence-corrected chi connectivity index (χ2v) is 6.70. The summed E-state index contributed by atoms with van der Waals surface area (Å²) in [6.07, 6.45) is 4.45. The highest BCUT2D eigenvalue weighted by atomic mass is 32.1. The molecule has 0 atom stereocenters. The molecule has 1 saturated heterocycles. The van der Waals surface area contributed by atoms with Gasteiger partial charge >= 0.3 is 0 Å². The summed E-state index contributed by atoms with van der Waals surface area (Å²) in [5.41, 5.74) is 7.19. The van der Waals surface area contributed by atoms with Gasteiger partial charge in [0.25, 0.3) is 0 Å². The molecule has 96 valence electrons. The molecule has 0 aliphatic carbocycles. The van der Waals surface area contributed by atoms with Crippen molar-refractivity contribution in [3.63, 3.8) is 0 Å². The summed E-state index contributed by atoms with van der Waals surface area (Å²) in [4.78, 5) is 7.90. The maximum Gasteiger partial charge on any atom is 0.180 e. The Morgan fingerprint density at radius 2 is 2.22 bits per heavy atom. The molecule has 5 heteroatoms. The van der Waals surface area contributed by atoms with Gasteiger partial charge in [-0.1, -0.05) is 0 Å². The van der Waals surface area contributed by atoms with Gasteiger partial charge in [0.2, 0.25) is 0 Å². The van der Waals surface area contributed by atoms with Crippen molar-refractivity contribution in [2.75, 3.05) is 18.8 Å². The van der Waals surface area contributed by atoms with Crippen LogP contribution in [0.2, 0.25) is 0 Å². The minimum absolute atomic E-state index is 0.679. The van der Waals surface area contributed by atoms with Crippen molar-refractivity contribution < 1.29 is 0 Å². The fourth-order valence-electron chi connectivity index (χ4n) is 2.55. The summed E-state index contributed by atoms with van der Waals surface area (Å²) in [5.74, 6) is 0.763. The number of hydrogen-bond donors (Lipinski definition) is 1. The Hall–Kier alpha value is -0.910. The molecular weight excluding hydrogens is 262 g/mol. The normalized spacial score (nSPS) is 18.2. The molecule has 3 nitrogen and oxygen atoms in total. The number of piperidine rings is 1. The first-order valence-electron chi connectivity index (χ1n) is 6.26. The summed E-state index contributed by atoms with van der Waals surface area (Å²) in [7, 11) is 0. The van der Waals surface area contributed by atoms with Gasteiger partial charge in [-0.3, -0.25) is 4.90 Å². The van der Waals surface area contributed by atoms with Crippen molar-refractivity contribution in [1.29, 1.82) is 0 Å². The molecule has 3 heterocycles. The molecular formula is C13H17N3S2. The van der Waals surface area contributed by atoms with E-state index in [2.05, 4.69) is 26.7 Å². The van der Waals surface area contributed by atoms with Gasteiger partial charge in [-0.25, -0.2) is 4.98 Å². The molecule has 1 aliphatic heterocycles. The van der Waals surface area contributed by atoms with Crippen molar-refractivity contribution >= 4 is 27.8 Å². The highest BCUT2D eigenvalue weighted by Crippen LogP contribution is 2.30. The molecule has 1 fully saturated rings. The van der Waals surface area contributed by atoms with E-state index in [9.17, 15) is 0 Å². The van der Waals surface area contributed by atoms with Crippen LogP contribution < -0.4 is 5.73 Å². The minimum atomic E-state index is 0.679. The topological polar surface area (TPSA) is 42.1 Å². The Morgan fingerprint density at radius 3 is 2.83 bits per heavy atom. The van der Waals surface area contributed by atoms with Crippen LogP contribution in [-0.4, -0.2) is 23.0 Å². The van der Waals surface area contributed by atoms with Gasteiger partial charge in [-0.2, -0.15) is 11.3 Å². The number of thiophene rings is 1. The fourth-order valence-corrected chi connectivity index (χ4v) is 4.02. The van der Waals surface area contributed by atoms with Crippen LogP contribution in [0.5, 0.6) is 0 Å². The largest absolute Gasteiger partial charge is 0.375 e. The third-order valence-corrected chi connectivity index (χ3v) is 5.07. The molecule has 2 aromatic rings. The Kier molecular flexibility index (Phi) is 3.63. The Labute approximate surface area is 115 Å². The average molecular weight is 279 g/mol. The molecule has 0 saturated carbocycles. The zero-order valence-corrected chi connectivity index (χ0v) is 11.8. The van der Waals surface area contributed by atoms with E-state index < -0.39 is 0 Å². The molecule has 3 rings (SSSR count). The summed E-state index contributed by atoms with van der Waals surface area (Å²) in [5, 5.41) is 5.16. The monoisotopic (exact) mass is 279 g/mol. The predicted molar refractivity (Wildman–Crippen MR) is 78.1 cm³/mol. The van der Waals surface area contributed by atoms with E-state index >= 15 is 0 Å². The van der Waals surface area contributed by atoms with Crippen LogP contribution in [-0.2, 0) is 6.54 Å². The van der Waals surface area contributed by atoms with Crippen LogP contribution in [0.4, 0.5) is 5.13 Å². The standard InChI is InChI=1S/C13H17N3S2/c14-13-15-7-12(18-13)8-16-4-1-10(2-5-16)11-3-6-17-9-11/h3,6-7,9-10H,1-2,4-5,8H2,(H2,14,15). The van der Waals surface area contributed by atoms with Gasteiger partial charge in [0, 0.05) is 17.6 Å². The summed E-state index contributed by atoms with van der Waals surface area (Å²) in [6.45, 7) is 3.36. The highest BCUT2D eigenvalue weighted by molar-refractivity contribution is 7.15. The van der Waals surface area contributed by atoms with Crippen molar-refractivity contribution in [3.05, 3.63) is 33.5 Å². The van der Waals surface area contributed by atoms with Gasteiger partial charge in [0.1, 0.15) is 0 Å². The van der Waals surface area contributed by atoms with Crippen LogP contribution >= 0.6 is 22.7 Å². The number of anilines is 1. The predicted octanol–water partition coefficient (Wildman–Crippen LogP) is 3.17. The molecule has 18 heavy (non-hydrogen) atoms. The van der Waals surface area contributed by atoms with E-state index in [1.807, 2.05) is 6.20 Å². The second kappa shape index (κ2) is 5.38. The zero-order valence-electron chi connectivity index (χ0n) is 10.2. The van der Waals surface area contributed by atoms with Crippen LogP contribution in [0, 0.1) is 0 Å². The van der Waals surface area contributed by atoms with Crippen molar-refractivity contribution in [3.8, 4) is 0 Å². The Morgan fingerprint density at radius 1 is 1.39 bits per heavy atom. The SMILES string of the molecule is Nc1ncc(CN2CCC(c3ccsc3)CC2)s1. The average Bonchev–Trinajstić information content (AvgIpc) is 3.02. The van der Waals surface area contributed by atoms with E-state index in [1.165, 1.54) is 36.4 Å². The molecule has 0 radical (unpaired) electrons. The first kappa shape index (κ1) is 12.1. The van der Waals surface area contributed by atoms with Crippen molar-refractivity contribution in [1.82, 2.24) is 9.88 Å². The molecule has 0 amide bonds. The Balaban J connectivity index is 1.54. The first-order chi connectivity index (χ1) is 8.81. The summed E-state index contributed by atoms with van der Waals surface area (Å²) in [6, 6.07) is 2.27. The second-order valence-electron chi connectivity index (χ2n) is 4.77. The fraction of sp³-hybridized carbons (Fsp3) is 0.462. The third-order valence-electron chi connectivity index (χ3n) is 3.55. The van der Waals surface area contributed by atoms with Gasteiger partial charge in [0.15, 0.2) is 5.13 Å². The lowest BCUT2D eigenvalue weighted by Gasteiger charge is -2.31. The molecule has 0 aromatic carbocycles. The van der Waals surface area contributed by atoms with E-state index in [4.69, 9.17) is 5.73 Å². The molecule has 0 spiro atoms. The van der Waals surface area contributed by atoms with Crippen LogP contribution in [0.15, 0.2) is 23.0 Å². The van der Waals surface area contributed by atoms with Gasteiger partial charge in [-0.05, 0) is 54.2 Å². The maximum absolute atomic E-state index is 5.66. The van der Waals surface area contributed by atoms with E-state index in [1.54, 1.807) is 22.7 Å². The third kappa shape index (κ3) is 2.74. The van der Waals surface area contributed by atoms with Crippen LogP contribution in [0.3, 0.4) is 0 Å². The number of aromatic nitrogens is 1. The Bertz CT molecular complexity index is 484. The van der Waals surface area contributed by atoms with Crippen LogP contribution in [0.25, 0.3) is 0 Å². The van der Waals surface area contributed by atoms with Gasteiger partial charge < -0.3 is 5.73 Å². The number of nitrogens with zero attached hydrogens (tertiary/aromatic N) is 2. The smallest absolute Gasteiger partial charge is 0.180 e. The van der Waals surface area contributed by atoms with Crippen LogP contribution in [0.1, 0.15) is 29.2 Å². The zero-order chi connectivity index (χ0) is 12.4.